The fraction of sp³-hybridized carbons (Fsp3) is 0.286. The molecule has 6 unspecified atom stereocenters. The van der Waals surface area contributed by atoms with Crippen LogP contribution in [-0.2, 0) is 31.0 Å². The topological polar surface area (TPSA) is 116 Å². The van der Waals surface area contributed by atoms with Crippen molar-refractivity contribution >= 4 is 50.9 Å². The second kappa shape index (κ2) is 12.8. The van der Waals surface area contributed by atoms with Gasteiger partial charge < -0.3 is 9.84 Å². The van der Waals surface area contributed by atoms with Gasteiger partial charge in [-0.1, -0.05) is 78.7 Å². The number of hydrazine groups is 1. The van der Waals surface area contributed by atoms with E-state index >= 15 is 4.79 Å². The van der Waals surface area contributed by atoms with Crippen LogP contribution in [0, 0.1) is 30.6 Å². The molecule has 3 fully saturated rings. The van der Waals surface area contributed by atoms with Crippen molar-refractivity contribution in [2.45, 2.75) is 44.4 Å². The predicted octanol–water partition coefficient (Wildman–Crippen LogP) is 7.22. The second-order valence-corrected chi connectivity index (χ2v) is 15.0. The average Bonchev–Trinajstić information content (AvgIpc) is 3.54. The van der Waals surface area contributed by atoms with Crippen molar-refractivity contribution in [2.75, 3.05) is 17.4 Å². The van der Waals surface area contributed by atoms with E-state index in [0.29, 0.717) is 33.4 Å². The molecule has 0 aromatic heterocycles. The van der Waals surface area contributed by atoms with Crippen molar-refractivity contribution in [3.8, 4) is 11.5 Å². The number of rotatable bonds is 7. The number of nitrogens with zero attached hydrogens (tertiary/aromatic N) is 2. The molecule has 2 saturated heterocycles. The number of phenolic OH excluding ortho intramolecular Hbond substituents is 1. The summed E-state index contributed by atoms with van der Waals surface area (Å²) in [5.41, 5.74) is 7.04. The van der Waals surface area contributed by atoms with Crippen molar-refractivity contribution in [1.29, 1.82) is 0 Å². The highest BCUT2D eigenvalue weighted by Gasteiger charge is 2.70. The average molecular weight is 761 g/mol. The van der Waals surface area contributed by atoms with Crippen LogP contribution in [0.25, 0.3) is 0 Å². The number of carbonyl (C=O) groups is 4. The molecular formula is C42H38BrN3O6. The van der Waals surface area contributed by atoms with Gasteiger partial charge in [0.25, 0.3) is 11.8 Å². The van der Waals surface area contributed by atoms with Crippen molar-refractivity contribution in [3.63, 3.8) is 0 Å². The zero-order chi connectivity index (χ0) is 36.5. The largest absolute Gasteiger partial charge is 0.503 e. The van der Waals surface area contributed by atoms with Crippen LogP contribution in [0.3, 0.4) is 0 Å². The molecule has 4 aromatic carbocycles. The number of hydrogen-bond donors (Lipinski definition) is 2. The summed E-state index contributed by atoms with van der Waals surface area (Å²) < 4.78 is 5.96. The summed E-state index contributed by atoms with van der Waals surface area (Å²) in [5, 5.41) is 12.0. The third-order valence-corrected chi connectivity index (χ3v) is 12.2. The monoisotopic (exact) mass is 759 g/mol. The number of aryl methyl sites for hydroxylation is 2. The van der Waals surface area contributed by atoms with Crippen molar-refractivity contribution in [1.82, 2.24) is 5.01 Å². The lowest BCUT2D eigenvalue weighted by Gasteiger charge is -2.50. The van der Waals surface area contributed by atoms with Gasteiger partial charge in [-0.3, -0.25) is 29.5 Å². The van der Waals surface area contributed by atoms with Gasteiger partial charge in [0.1, 0.15) is 0 Å². The van der Waals surface area contributed by atoms with E-state index < -0.39 is 46.8 Å². The van der Waals surface area contributed by atoms with Gasteiger partial charge in [0.05, 0.1) is 46.1 Å². The lowest BCUT2D eigenvalue weighted by atomic mass is 9.49. The quantitative estimate of drug-likeness (QED) is 0.151. The van der Waals surface area contributed by atoms with E-state index in [4.69, 9.17) is 4.74 Å². The summed E-state index contributed by atoms with van der Waals surface area (Å²) in [4.78, 5) is 60.2. The summed E-state index contributed by atoms with van der Waals surface area (Å²) in [6, 6.07) is 27.8. The third kappa shape index (κ3) is 4.94. The molecule has 8 rings (SSSR count). The number of carbonyl (C=O) groups excluding carboxylic acids is 4. The molecule has 52 heavy (non-hydrogen) atoms. The Morgan fingerprint density at radius 2 is 1.62 bits per heavy atom. The fourth-order valence-corrected chi connectivity index (χ4v) is 9.63. The Hall–Kier alpha value is -5.22. The van der Waals surface area contributed by atoms with E-state index in [1.54, 1.807) is 12.1 Å². The second-order valence-electron chi connectivity index (χ2n) is 14.2. The Kier molecular flexibility index (Phi) is 8.33. The van der Waals surface area contributed by atoms with Gasteiger partial charge in [-0.05, 0) is 101 Å². The van der Waals surface area contributed by atoms with Crippen LogP contribution in [0.2, 0.25) is 0 Å². The van der Waals surface area contributed by atoms with Gasteiger partial charge in [0.2, 0.25) is 11.8 Å². The number of aromatic hydroxyl groups is 1. The highest BCUT2D eigenvalue weighted by molar-refractivity contribution is 9.10. The Bertz CT molecular complexity index is 2150. The maximum atomic E-state index is 15.3. The SMILES string of the molecule is CCc1ccc(N2C(=O)C3CC=C4C(CC5C(=O)N(Nc6ccc(C)cc6)C(=O)C5(c5ccccc5)C4c4cc(Br)c(O)c(OC)c4)C3C2=O)cc1. The van der Waals surface area contributed by atoms with E-state index in [2.05, 4.69) is 21.4 Å². The highest BCUT2D eigenvalue weighted by Crippen LogP contribution is 2.64. The minimum Gasteiger partial charge on any atom is -0.503 e. The zero-order valence-electron chi connectivity index (χ0n) is 29.0. The van der Waals surface area contributed by atoms with Gasteiger partial charge in [0, 0.05) is 5.92 Å². The standard InChI is InChI=1S/C42H38BrN3O6/c1-4-24-12-16-28(17-13-24)45-38(48)30-19-18-29-31(35(30)40(45)50)22-32-39(49)46(44-27-14-10-23(2)11-15-27)41(51)42(32,26-8-6-5-7-9-26)36(29)25-20-33(43)37(47)34(21-25)52-3/h5-18,20-21,30-32,35-36,44,47H,4,19,22H2,1-3H3. The molecule has 0 spiro atoms. The van der Waals surface area contributed by atoms with Gasteiger partial charge in [-0.2, -0.15) is 5.01 Å². The van der Waals surface area contributed by atoms with Crippen LogP contribution in [0.1, 0.15) is 47.9 Å². The number of methoxy groups -OCH3 is 1. The molecule has 0 radical (unpaired) electrons. The van der Waals surface area contributed by atoms with Crippen molar-refractivity contribution in [2.24, 2.45) is 23.7 Å². The van der Waals surface area contributed by atoms with Gasteiger partial charge in [-0.15, -0.1) is 0 Å². The van der Waals surface area contributed by atoms with Crippen molar-refractivity contribution in [3.05, 3.63) is 129 Å². The minimum atomic E-state index is -1.44. The Labute approximate surface area is 310 Å². The fourth-order valence-electron chi connectivity index (χ4n) is 9.17. The number of phenols is 1. The molecule has 9 nitrogen and oxygen atoms in total. The number of ether oxygens (including phenoxy) is 1. The molecule has 1 saturated carbocycles. The van der Waals surface area contributed by atoms with E-state index in [-0.39, 0.29) is 29.7 Å². The Morgan fingerprint density at radius 3 is 2.29 bits per heavy atom. The molecule has 0 bridgehead atoms. The Morgan fingerprint density at radius 1 is 0.904 bits per heavy atom. The first-order valence-corrected chi connectivity index (χ1v) is 18.4. The van der Waals surface area contributed by atoms with Gasteiger partial charge in [0.15, 0.2) is 11.5 Å². The molecule has 264 valence electrons. The van der Waals surface area contributed by atoms with Crippen molar-refractivity contribution < 1.29 is 29.0 Å². The lowest BCUT2D eigenvalue weighted by Crippen LogP contribution is -2.53. The summed E-state index contributed by atoms with van der Waals surface area (Å²) >= 11 is 3.50. The summed E-state index contributed by atoms with van der Waals surface area (Å²) in [5.74, 6) is -4.78. The third-order valence-electron chi connectivity index (χ3n) is 11.6. The first kappa shape index (κ1) is 33.9. The molecular weight excluding hydrogens is 722 g/mol. The van der Waals surface area contributed by atoms with Gasteiger partial charge in [-0.25, -0.2) is 0 Å². The number of benzene rings is 4. The summed E-state index contributed by atoms with van der Waals surface area (Å²) in [6.07, 6.45) is 3.34. The van der Waals surface area contributed by atoms with Gasteiger partial charge >= 0.3 is 0 Å². The maximum absolute atomic E-state index is 15.3. The smallest absolute Gasteiger partial charge is 0.260 e. The molecule has 4 amide bonds. The van der Waals surface area contributed by atoms with Crippen LogP contribution in [0.15, 0.2) is 107 Å². The molecule has 10 heteroatoms. The lowest BCUT2D eigenvalue weighted by molar-refractivity contribution is -0.138. The van der Waals surface area contributed by atoms with E-state index in [1.807, 2.05) is 98.8 Å². The molecule has 2 N–H and O–H groups in total. The number of imide groups is 2. The number of anilines is 2. The maximum Gasteiger partial charge on any atom is 0.260 e. The van der Waals surface area contributed by atoms with Crippen LogP contribution < -0.4 is 15.1 Å². The van der Waals surface area contributed by atoms with Crippen LogP contribution in [0.5, 0.6) is 11.5 Å². The number of fused-ring (bicyclic) bond motifs is 4. The normalized spacial score (nSPS) is 26.5. The molecule has 2 aliphatic heterocycles. The first-order valence-electron chi connectivity index (χ1n) is 17.6. The molecule has 2 aliphatic carbocycles. The number of hydrogen-bond acceptors (Lipinski definition) is 7. The van der Waals surface area contributed by atoms with E-state index in [0.717, 1.165) is 28.1 Å². The molecule has 6 atom stereocenters. The predicted molar refractivity (Wildman–Crippen MR) is 199 cm³/mol. The number of halogens is 1. The summed E-state index contributed by atoms with van der Waals surface area (Å²) in [6.45, 7) is 4.01. The Balaban J connectivity index is 1.32. The molecule has 4 aliphatic rings. The highest BCUT2D eigenvalue weighted by atomic mass is 79.9. The number of nitrogens with one attached hydrogen (secondary N) is 1. The summed E-state index contributed by atoms with van der Waals surface area (Å²) in [7, 11) is 1.46. The van der Waals surface area contributed by atoms with Crippen LogP contribution >= 0.6 is 15.9 Å². The zero-order valence-corrected chi connectivity index (χ0v) is 30.6. The van der Waals surface area contributed by atoms with Crippen LogP contribution in [0.4, 0.5) is 11.4 Å². The molecule has 2 heterocycles. The number of allylic oxidation sites excluding steroid dienone is 2. The number of amides is 4. The van der Waals surface area contributed by atoms with E-state index in [9.17, 15) is 19.5 Å². The van der Waals surface area contributed by atoms with Crippen LogP contribution in [-0.4, -0.2) is 40.9 Å². The molecule has 4 aromatic rings. The van der Waals surface area contributed by atoms with E-state index in [1.165, 1.54) is 12.0 Å². The first-order chi connectivity index (χ1) is 25.1. The minimum absolute atomic E-state index is 0.0978.